The lowest BCUT2D eigenvalue weighted by molar-refractivity contribution is -0.253. The minimum Gasteiger partial charge on any atom is -0.378 e. The Morgan fingerprint density at radius 1 is 1.16 bits per heavy atom. The molecular formula is C24H24N4O4. The number of anilines is 1. The van der Waals surface area contributed by atoms with E-state index in [0.29, 0.717) is 27.2 Å². The van der Waals surface area contributed by atoms with Crippen LogP contribution in [0.4, 0.5) is 5.69 Å². The summed E-state index contributed by atoms with van der Waals surface area (Å²) in [6, 6.07) is 12.9. The van der Waals surface area contributed by atoms with Crippen molar-refractivity contribution in [2.24, 2.45) is 0 Å². The Bertz CT molecular complexity index is 1530. The van der Waals surface area contributed by atoms with Gasteiger partial charge in [0.2, 0.25) is 0 Å². The average molecular weight is 432 g/mol. The third-order valence-corrected chi connectivity index (χ3v) is 5.50. The molecule has 4 rings (SSSR count). The lowest BCUT2D eigenvalue weighted by atomic mass is 10.1. The van der Waals surface area contributed by atoms with Crippen molar-refractivity contribution < 1.29 is 10.1 Å². The van der Waals surface area contributed by atoms with E-state index in [0.717, 1.165) is 22.4 Å². The van der Waals surface area contributed by atoms with Gasteiger partial charge in [0.05, 0.1) is 11.1 Å². The molecule has 4 aromatic rings. The van der Waals surface area contributed by atoms with Gasteiger partial charge in [-0.2, -0.15) is 0 Å². The number of rotatable bonds is 5. The van der Waals surface area contributed by atoms with Crippen LogP contribution in [0.25, 0.3) is 29.4 Å². The zero-order chi connectivity index (χ0) is 23.0. The van der Waals surface area contributed by atoms with Crippen molar-refractivity contribution >= 4 is 29.4 Å². The number of benzene rings is 2. The van der Waals surface area contributed by atoms with Crippen molar-refractivity contribution in [1.29, 1.82) is 0 Å². The molecule has 0 bridgehead atoms. The summed E-state index contributed by atoms with van der Waals surface area (Å²) in [5, 5.41) is 12.6. The molecule has 0 aliphatic heterocycles. The second-order valence-electron chi connectivity index (χ2n) is 7.87. The minimum atomic E-state index is -0.331. The molecule has 0 spiro atoms. The smallest absolute Gasteiger partial charge is 0.281 e. The zero-order valence-corrected chi connectivity index (χ0v) is 18.1. The van der Waals surface area contributed by atoms with Gasteiger partial charge in [0.15, 0.2) is 0 Å². The molecule has 0 atom stereocenters. The molecule has 2 heterocycles. The summed E-state index contributed by atoms with van der Waals surface area (Å²) in [6.07, 6.45) is 1.76. The van der Waals surface area contributed by atoms with Crippen molar-refractivity contribution in [2.75, 3.05) is 19.0 Å². The van der Waals surface area contributed by atoms with E-state index in [1.54, 1.807) is 30.3 Å². The number of hydrogen-bond acceptors (Lipinski definition) is 5. The van der Waals surface area contributed by atoms with Crippen LogP contribution in [0.15, 0.2) is 52.1 Å². The highest BCUT2D eigenvalue weighted by molar-refractivity contribution is 5.76. The number of nitrogens with one attached hydrogen (secondary N) is 2. The van der Waals surface area contributed by atoms with Crippen molar-refractivity contribution in [1.82, 2.24) is 14.8 Å². The lowest BCUT2D eigenvalue weighted by Gasteiger charge is -2.13. The van der Waals surface area contributed by atoms with Gasteiger partial charge in [0, 0.05) is 25.0 Å². The predicted molar refractivity (Wildman–Crippen MR) is 126 cm³/mol. The molecule has 8 nitrogen and oxygen atoms in total. The van der Waals surface area contributed by atoms with E-state index < -0.39 is 0 Å². The topological polar surface area (TPSA) is 103 Å². The van der Waals surface area contributed by atoms with Gasteiger partial charge in [-0.05, 0) is 59.2 Å². The number of aryl methyl sites for hydroxylation is 1. The molecule has 3 N–H and O–H groups in total. The Morgan fingerprint density at radius 3 is 2.50 bits per heavy atom. The first-order valence-corrected chi connectivity index (χ1v) is 10.0. The Kier molecular flexibility index (Phi) is 5.56. The van der Waals surface area contributed by atoms with E-state index in [1.165, 1.54) is 4.68 Å². The van der Waals surface area contributed by atoms with Crippen LogP contribution in [0, 0.1) is 6.92 Å². The molecule has 0 aliphatic carbocycles. The Labute approximate surface area is 183 Å². The molecular weight excluding hydrogens is 408 g/mol. The van der Waals surface area contributed by atoms with E-state index in [1.807, 2.05) is 44.1 Å². The third kappa shape index (κ3) is 3.77. The van der Waals surface area contributed by atoms with Crippen molar-refractivity contribution in [2.45, 2.75) is 13.5 Å². The second kappa shape index (κ2) is 8.33. The van der Waals surface area contributed by atoms with Crippen LogP contribution in [0.2, 0.25) is 0 Å². The maximum Gasteiger partial charge on any atom is 0.281 e. The standard InChI is InChI=1S/C24H24N4O4/c1-14-11-19(27(3)4)10-7-17(14)12-20-15(2)21-22(25-23(20)29)26-28(24(21)30)18-8-5-16(6-9-18)13-32-31/h5-12,26,31H,2,13H2,1,3-4H3,(H,25,29). The fourth-order valence-electron chi connectivity index (χ4n) is 3.67. The Balaban J connectivity index is 1.88. The SMILES string of the molecule is C=c1c(=Cc2ccc(N(C)C)cc2C)c(=O)[nH]c2[nH]n(-c3ccc(COO)cc3)c(=O)c12. The fraction of sp³-hybridized carbons (Fsp3) is 0.167. The minimum absolute atomic E-state index is 0.0480. The van der Waals surface area contributed by atoms with Gasteiger partial charge in [-0.25, -0.2) is 9.57 Å². The molecule has 0 amide bonds. The first-order valence-electron chi connectivity index (χ1n) is 10.0. The molecule has 0 saturated carbocycles. The molecule has 0 radical (unpaired) electrons. The van der Waals surface area contributed by atoms with Crippen molar-refractivity contribution in [3.05, 3.63) is 90.3 Å². The number of hydrogen-bond donors (Lipinski definition) is 3. The van der Waals surface area contributed by atoms with Crippen LogP contribution >= 0.6 is 0 Å². The summed E-state index contributed by atoms with van der Waals surface area (Å²) in [6.45, 7) is 6.07. The lowest BCUT2D eigenvalue weighted by Crippen LogP contribution is -2.41. The highest BCUT2D eigenvalue weighted by Gasteiger charge is 2.12. The highest BCUT2D eigenvalue weighted by Crippen LogP contribution is 2.17. The number of H-pyrrole nitrogens is 2. The molecule has 2 aromatic heterocycles. The van der Waals surface area contributed by atoms with Gasteiger partial charge in [0.25, 0.3) is 11.1 Å². The number of aromatic nitrogens is 3. The summed E-state index contributed by atoms with van der Waals surface area (Å²) in [5.74, 6) is 0. The summed E-state index contributed by atoms with van der Waals surface area (Å²) in [5.41, 5.74) is 3.93. The van der Waals surface area contributed by atoms with E-state index in [4.69, 9.17) is 5.26 Å². The van der Waals surface area contributed by atoms with Crippen LogP contribution in [0.1, 0.15) is 16.7 Å². The molecule has 0 unspecified atom stereocenters. The van der Waals surface area contributed by atoms with Gasteiger partial charge < -0.3 is 9.88 Å². The maximum atomic E-state index is 13.1. The van der Waals surface area contributed by atoms with Crippen LogP contribution in [-0.4, -0.2) is 34.1 Å². The summed E-state index contributed by atoms with van der Waals surface area (Å²) in [4.78, 5) is 34.9. The van der Waals surface area contributed by atoms with Crippen LogP contribution in [0.3, 0.4) is 0 Å². The highest BCUT2D eigenvalue weighted by atomic mass is 17.1. The quantitative estimate of drug-likeness (QED) is 0.328. The van der Waals surface area contributed by atoms with Gasteiger partial charge in [-0.1, -0.05) is 24.8 Å². The van der Waals surface area contributed by atoms with E-state index in [-0.39, 0.29) is 17.7 Å². The molecule has 0 fully saturated rings. The molecule has 8 heteroatoms. The molecule has 2 aromatic carbocycles. The first-order chi connectivity index (χ1) is 15.3. The van der Waals surface area contributed by atoms with Gasteiger partial charge in [-0.15, -0.1) is 0 Å². The molecule has 32 heavy (non-hydrogen) atoms. The normalized spacial score (nSPS) is 11.9. The largest absolute Gasteiger partial charge is 0.378 e. The van der Waals surface area contributed by atoms with Crippen molar-refractivity contribution in [3.8, 4) is 5.69 Å². The predicted octanol–water partition coefficient (Wildman–Crippen LogP) is 1.61. The van der Waals surface area contributed by atoms with E-state index >= 15 is 0 Å². The van der Waals surface area contributed by atoms with Crippen LogP contribution in [-0.2, 0) is 11.5 Å². The average Bonchev–Trinajstić information content (AvgIpc) is 3.08. The summed E-state index contributed by atoms with van der Waals surface area (Å²) in [7, 11) is 3.94. The van der Waals surface area contributed by atoms with E-state index in [2.05, 4.69) is 21.5 Å². The summed E-state index contributed by atoms with van der Waals surface area (Å²) >= 11 is 0. The van der Waals surface area contributed by atoms with Crippen molar-refractivity contribution in [3.63, 3.8) is 0 Å². The van der Waals surface area contributed by atoms with E-state index in [9.17, 15) is 9.59 Å². The number of pyridine rings is 1. The number of aromatic amines is 2. The third-order valence-electron chi connectivity index (χ3n) is 5.50. The molecule has 164 valence electrons. The zero-order valence-electron chi connectivity index (χ0n) is 18.1. The number of nitrogens with zero attached hydrogens (tertiary/aromatic N) is 2. The van der Waals surface area contributed by atoms with Gasteiger partial charge >= 0.3 is 0 Å². The maximum absolute atomic E-state index is 13.1. The second-order valence-corrected chi connectivity index (χ2v) is 7.87. The monoisotopic (exact) mass is 432 g/mol. The van der Waals surface area contributed by atoms with Gasteiger partial charge in [-0.3, -0.25) is 19.9 Å². The van der Waals surface area contributed by atoms with Crippen LogP contribution < -0.4 is 26.5 Å². The van der Waals surface area contributed by atoms with Gasteiger partial charge in [0.1, 0.15) is 12.3 Å². The molecule has 0 aliphatic rings. The summed E-state index contributed by atoms with van der Waals surface area (Å²) < 4.78 is 1.35. The first kappa shape index (κ1) is 21.4. The Hall–Kier alpha value is -3.88. The fourth-order valence-corrected chi connectivity index (χ4v) is 3.67. The molecule has 0 saturated heterocycles. The Morgan fingerprint density at radius 2 is 1.88 bits per heavy atom. The van der Waals surface area contributed by atoms with Crippen LogP contribution in [0.5, 0.6) is 0 Å². The number of fused-ring (bicyclic) bond motifs is 1.